The Morgan fingerprint density at radius 3 is 2.35 bits per heavy atom. The van der Waals surface area contributed by atoms with Gasteiger partial charge in [0, 0.05) is 11.6 Å². The monoisotopic (exact) mass is 429 g/mol. The molecule has 2 N–H and O–H groups in total. The van der Waals surface area contributed by atoms with Crippen molar-refractivity contribution in [1.82, 2.24) is 20.1 Å². The first-order valence-corrected chi connectivity index (χ1v) is 10.8. The highest BCUT2D eigenvalue weighted by Gasteiger charge is 2.26. The molecule has 1 saturated carbocycles. The van der Waals surface area contributed by atoms with Crippen molar-refractivity contribution in [3.63, 3.8) is 0 Å². The summed E-state index contributed by atoms with van der Waals surface area (Å²) in [6, 6.07) is 21.1. The van der Waals surface area contributed by atoms with Crippen LogP contribution in [0.3, 0.4) is 0 Å². The molecule has 1 fully saturated rings. The number of carbonyl (C=O) groups excluding carboxylic acids is 2. The van der Waals surface area contributed by atoms with Gasteiger partial charge in [0.05, 0.1) is 11.3 Å². The van der Waals surface area contributed by atoms with Gasteiger partial charge in [-0.1, -0.05) is 48.5 Å². The van der Waals surface area contributed by atoms with Crippen LogP contribution >= 0.6 is 11.3 Å². The number of hydrogen-bond donors (Lipinski definition) is 2. The normalized spacial score (nSPS) is 13.0. The summed E-state index contributed by atoms with van der Waals surface area (Å²) >= 11 is 1.30. The van der Waals surface area contributed by atoms with Crippen LogP contribution in [0.15, 0.2) is 72.1 Å². The fourth-order valence-corrected chi connectivity index (χ4v) is 3.95. The number of para-hydroxylation sites is 1. The van der Waals surface area contributed by atoms with E-state index in [0.29, 0.717) is 16.4 Å². The zero-order valence-corrected chi connectivity index (χ0v) is 17.3. The summed E-state index contributed by atoms with van der Waals surface area (Å²) in [6.45, 7) is 0. The zero-order chi connectivity index (χ0) is 21.2. The second kappa shape index (κ2) is 8.16. The minimum absolute atomic E-state index is 0.0321. The SMILES string of the molecule is O=C(Nc1sccc1C(=O)NC1CC1)c1nc(-c2ccccc2)n(-c2ccccc2)n1. The van der Waals surface area contributed by atoms with Gasteiger partial charge in [-0.25, -0.2) is 9.67 Å². The lowest BCUT2D eigenvalue weighted by Crippen LogP contribution is -2.26. The van der Waals surface area contributed by atoms with Crippen molar-refractivity contribution in [3.8, 4) is 17.1 Å². The summed E-state index contributed by atoms with van der Waals surface area (Å²) in [7, 11) is 0. The van der Waals surface area contributed by atoms with Crippen LogP contribution in [0.2, 0.25) is 0 Å². The second-order valence-electron chi connectivity index (χ2n) is 7.24. The predicted octanol–water partition coefficient (Wildman–Crippen LogP) is 4.14. The lowest BCUT2D eigenvalue weighted by molar-refractivity contribution is 0.0952. The lowest BCUT2D eigenvalue weighted by Gasteiger charge is -2.05. The van der Waals surface area contributed by atoms with E-state index in [-0.39, 0.29) is 17.8 Å². The number of benzene rings is 2. The second-order valence-corrected chi connectivity index (χ2v) is 8.15. The number of nitrogens with zero attached hydrogens (tertiary/aromatic N) is 3. The molecule has 1 aliphatic rings. The first-order valence-electron chi connectivity index (χ1n) is 9.96. The molecule has 0 radical (unpaired) electrons. The predicted molar refractivity (Wildman–Crippen MR) is 120 cm³/mol. The van der Waals surface area contributed by atoms with E-state index in [1.54, 1.807) is 16.1 Å². The minimum atomic E-state index is -0.463. The molecule has 0 aliphatic heterocycles. The number of rotatable bonds is 6. The third-order valence-corrected chi connectivity index (χ3v) is 5.72. The highest BCUT2D eigenvalue weighted by Crippen LogP contribution is 2.27. The van der Waals surface area contributed by atoms with Crippen molar-refractivity contribution in [1.29, 1.82) is 0 Å². The van der Waals surface area contributed by atoms with Gasteiger partial charge in [0.15, 0.2) is 5.82 Å². The number of carbonyl (C=O) groups is 2. The Kier molecular flexibility index (Phi) is 5.05. The van der Waals surface area contributed by atoms with Gasteiger partial charge < -0.3 is 10.6 Å². The summed E-state index contributed by atoms with van der Waals surface area (Å²) in [5, 5.41) is 12.5. The number of thiophene rings is 1. The summed E-state index contributed by atoms with van der Waals surface area (Å²) in [5.41, 5.74) is 2.10. The smallest absolute Gasteiger partial charge is 0.295 e. The van der Waals surface area contributed by atoms with E-state index >= 15 is 0 Å². The van der Waals surface area contributed by atoms with Crippen LogP contribution in [-0.4, -0.2) is 32.6 Å². The van der Waals surface area contributed by atoms with Gasteiger partial charge in [0.25, 0.3) is 11.8 Å². The molecular formula is C23H19N5O2S. The molecule has 0 atom stereocenters. The Balaban J connectivity index is 1.46. The van der Waals surface area contributed by atoms with E-state index in [0.717, 1.165) is 24.1 Å². The fraction of sp³-hybridized carbons (Fsp3) is 0.130. The maximum Gasteiger partial charge on any atom is 0.295 e. The van der Waals surface area contributed by atoms with Gasteiger partial charge in [-0.05, 0) is 36.4 Å². The number of anilines is 1. The Labute approximate surface area is 182 Å². The molecule has 0 unspecified atom stereocenters. The van der Waals surface area contributed by atoms with E-state index in [1.165, 1.54) is 11.3 Å². The fourth-order valence-electron chi connectivity index (χ4n) is 3.17. The van der Waals surface area contributed by atoms with Crippen LogP contribution in [0.4, 0.5) is 5.00 Å². The standard InChI is InChI=1S/C23H19N5O2S/c29-21(24-16-11-12-16)18-13-14-31-23(18)26-22(30)19-25-20(15-7-3-1-4-8-15)28(27-19)17-9-5-2-6-10-17/h1-10,13-14,16H,11-12H2,(H,24,29)(H,26,30). The number of hydrogen-bond acceptors (Lipinski definition) is 5. The van der Waals surface area contributed by atoms with Crippen LogP contribution in [0.25, 0.3) is 17.1 Å². The topological polar surface area (TPSA) is 88.9 Å². The minimum Gasteiger partial charge on any atom is -0.349 e. The van der Waals surface area contributed by atoms with Gasteiger partial charge in [-0.3, -0.25) is 9.59 Å². The molecule has 2 aromatic heterocycles. The van der Waals surface area contributed by atoms with Crippen molar-refractivity contribution in [2.75, 3.05) is 5.32 Å². The Bertz CT molecular complexity index is 1170. The molecule has 31 heavy (non-hydrogen) atoms. The van der Waals surface area contributed by atoms with E-state index < -0.39 is 5.91 Å². The highest BCUT2D eigenvalue weighted by atomic mass is 32.1. The highest BCUT2D eigenvalue weighted by molar-refractivity contribution is 7.14. The van der Waals surface area contributed by atoms with Gasteiger partial charge >= 0.3 is 0 Å². The molecule has 0 saturated heterocycles. The largest absolute Gasteiger partial charge is 0.349 e. The van der Waals surface area contributed by atoms with E-state index in [1.807, 2.05) is 60.7 Å². The van der Waals surface area contributed by atoms with E-state index in [4.69, 9.17) is 0 Å². The molecule has 2 aromatic carbocycles. The number of nitrogens with one attached hydrogen (secondary N) is 2. The molecule has 0 spiro atoms. The summed E-state index contributed by atoms with van der Waals surface area (Å²) in [5.74, 6) is -0.0407. The van der Waals surface area contributed by atoms with Crippen LogP contribution < -0.4 is 10.6 Å². The quantitative estimate of drug-likeness (QED) is 0.482. The maximum atomic E-state index is 13.0. The molecule has 2 heterocycles. The van der Waals surface area contributed by atoms with Crippen LogP contribution in [-0.2, 0) is 0 Å². The van der Waals surface area contributed by atoms with Gasteiger partial charge in [0.1, 0.15) is 5.00 Å². The summed E-state index contributed by atoms with van der Waals surface area (Å²) < 4.78 is 1.65. The third kappa shape index (κ3) is 4.10. The lowest BCUT2D eigenvalue weighted by atomic mass is 10.2. The molecule has 7 nitrogen and oxygen atoms in total. The van der Waals surface area contributed by atoms with Gasteiger partial charge in [0.2, 0.25) is 5.82 Å². The molecule has 154 valence electrons. The average molecular weight is 430 g/mol. The third-order valence-electron chi connectivity index (χ3n) is 4.89. The van der Waals surface area contributed by atoms with Crippen molar-refractivity contribution < 1.29 is 9.59 Å². The van der Waals surface area contributed by atoms with E-state index in [9.17, 15) is 9.59 Å². The zero-order valence-electron chi connectivity index (χ0n) is 16.5. The maximum absolute atomic E-state index is 13.0. The van der Waals surface area contributed by atoms with Crippen molar-refractivity contribution >= 4 is 28.2 Å². The Morgan fingerprint density at radius 1 is 0.935 bits per heavy atom. The molecule has 4 aromatic rings. The van der Waals surface area contributed by atoms with Crippen molar-refractivity contribution in [2.45, 2.75) is 18.9 Å². The number of aromatic nitrogens is 3. The summed E-state index contributed by atoms with van der Waals surface area (Å²) in [4.78, 5) is 29.9. The van der Waals surface area contributed by atoms with Gasteiger partial charge in [-0.2, -0.15) is 0 Å². The molecule has 5 rings (SSSR count). The van der Waals surface area contributed by atoms with Crippen LogP contribution in [0.1, 0.15) is 33.8 Å². The molecule has 1 aliphatic carbocycles. The molecule has 2 amide bonds. The first-order chi connectivity index (χ1) is 15.2. The van der Waals surface area contributed by atoms with Gasteiger partial charge in [-0.15, -0.1) is 16.4 Å². The number of amides is 2. The molecule has 0 bridgehead atoms. The summed E-state index contributed by atoms with van der Waals surface area (Å²) in [6.07, 6.45) is 2.00. The van der Waals surface area contributed by atoms with Crippen molar-refractivity contribution in [2.24, 2.45) is 0 Å². The van der Waals surface area contributed by atoms with Crippen LogP contribution in [0.5, 0.6) is 0 Å². The van der Waals surface area contributed by atoms with E-state index in [2.05, 4.69) is 20.7 Å². The average Bonchev–Trinajstić information content (AvgIpc) is 3.31. The Hall–Kier alpha value is -3.78. The van der Waals surface area contributed by atoms with Crippen molar-refractivity contribution in [3.05, 3.63) is 83.5 Å². The van der Waals surface area contributed by atoms with Crippen LogP contribution in [0, 0.1) is 0 Å². The first kappa shape index (κ1) is 19.2. The molecule has 8 heteroatoms. The molecular weight excluding hydrogens is 410 g/mol. The Morgan fingerprint density at radius 2 is 1.65 bits per heavy atom.